The minimum atomic E-state index is -0.804. The van der Waals surface area contributed by atoms with Gasteiger partial charge in [0, 0.05) is 26.7 Å². The molecule has 0 aliphatic heterocycles. The van der Waals surface area contributed by atoms with Crippen molar-refractivity contribution in [1.82, 2.24) is 5.32 Å². The molecule has 1 amide bonds. The van der Waals surface area contributed by atoms with E-state index in [-0.39, 0.29) is 22.9 Å². The average Bonchev–Trinajstić information content (AvgIpc) is 2.91. The SMILES string of the molecule is O=C(CCc1cc(Br)cs1)NC(CO)c1cccc(Cl)c1F. The van der Waals surface area contributed by atoms with Crippen LogP contribution in [0.4, 0.5) is 4.39 Å². The van der Waals surface area contributed by atoms with Gasteiger partial charge in [0.25, 0.3) is 0 Å². The Labute approximate surface area is 145 Å². The van der Waals surface area contributed by atoms with Gasteiger partial charge in [0.1, 0.15) is 5.82 Å². The Morgan fingerprint density at radius 2 is 2.27 bits per heavy atom. The molecular formula is C15H14BrClFNO2S. The normalized spacial score (nSPS) is 12.2. The number of aliphatic hydroxyl groups is 1. The van der Waals surface area contributed by atoms with Crippen LogP contribution in [0.5, 0.6) is 0 Å². The third-order valence-corrected chi connectivity index (χ3v) is 5.14. The van der Waals surface area contributed by atoms with Crippen LogP contribution in [0.2, 0.25) is 5.02 Å². The molecule has 1 aromatic heterocycles. The van der Waals surface area contributed by atoms with Crippen molar-refractivity contribution in [3.05, 3.63) is 55.4 Å². The molecule has 0 radical (unpaired) electrons. The van der Waals surface area contributed by atoms with E-state index < -0.39 is 18.5 Å². The predicted molar refractivity (Wildman–Crippen MR) is 89.7 cm³/mol. The third-order valence-electron chi connectivity index (χ3n) is 3.09. The van der Waals surface area contributed by atoms with Gasteiger partial charge >= 0.3 is 0 Å². The zero-order chi connectivity index (χ0) is 16.1. The van der Waals surface area contributed by atoms with E-state index in [9.17, 15) is 14.3 Å². The van der Waals surface area contributed by atoms with Crippen molar-refractivity contribution in [1.29, 1.82) is 0 Å². The molecule has 0 bridgehead atoms. The molecule has 0 saturated heterocycles. The smallest absolute Gasteiger partial charge is 0.220 e. The maximum Gasteiger partial charge on any atom is 0.220 e. The second kappa shape index (κ2) is 8.06. The van der Waals surface area contributed by atoms with Gasteiger partial charge in [-0.05, 0) is 34.5 Å². The molecule has 118 valence electrons. The second-order valence-electron chi connectivity index (χ2n) is 4.68. The van der Waals surface area contributed by atoms with Gasteiger partial charge in [-0.1, -0.05) is 23.7 Å². The molecule has 1 atom stereocenters. The minimum Gasteiger partial charge on any atom is -0.394 e. The van der Waals surface area contributed by atoms with Crippen LogP contribution < -0.4 is 5.32 Å². The van der Waals surface area contributed by atoms with E-state index in [2.05, 4.69) is 21.2 Å². The van der Waals surface area contributed by atoms with Gasteiger partial charge in [0.2, 0.25) is 5.91 Å². The van der Waals surface area contributed by atoms with Crippen LogP contribution in [0.1, 0.15) is 22.9 Å². The monoisotopic (exact) mass is 405 g/mol. The Balaban J connectivity index is 1.97. The standard InChI is InChI=1S/C15H14BrClFNO2S/c16-9-6-10(22-8-9)4-5-14(21)19-13(7-20)11-2-1-3-12(17)15(11)18/h1-3,6,8,13,20H,4-5,7H2,(H,19,21). The Kier molecular flexibility index (Phi) is 6.37. The largest absolute Gasteiger partial charge is 0.394 e. The number of thiophene rings is 1. The lowest BCUT2D eigenvalue weighted by Gasteiger charge is -2.17. The molecule has 1 unspecified atom stereocenters. The summed E-state index contributed by atoms with van der Waals surface area (Å²) in [6.45, 7) is -0.395. The fraction of sp³-hybridized carbons (Fsp3) is 0.267. The first kappa shape index (κ1) is 17.4. The van der Waals surface area contributed by atoms with Gasteiger partial charge < -0.3 is 10.4 Å². The summed E-state index contributed by atoms with van der Waals surface area (Å²) in [5.74, 6) is -0.867. The molecule has 1 aromatic carbocycles. The average molecular weight is 407 g/mol. The number of amides is 1. The number of halogens is 3. The summed E-state index contributed by atoms with van der Waals surface area (Å²) in [5.41, 5.74) is 0.183. The van der Waals surface area contributed by atoms with E-state index >= 15 is 0 Å². The summed E-state index contributed by atoms with van der Waals surface area (Å²) in [6.07, 6.45) is 0.865. The van der Waals surface area contributed by atoms with Crippen molar-refractivity contribution in [2.75, 3.05) is 6.61 Å². The molecule has 0 aliphatic carbocycles. The van der Waals surface area contributed by atoms with Crippen LogP contribution in [0.25, 0.3) is 0 Å². The number of aryl methyl sites for hydroxylation is 1. The number of nitrogens with one attached hydrogen (secondary N) is 1. The van der Waals surface area contributed by atoms with Crippen LogP contribution >= 0.6 is 38.9 Å². The molecule has 0 spiro atoms. The quantitative estimate of drug-likeness (QED) is 0.759. The van der Waals surface area contributed by atoms with E-state index in [0.717, 1.165) is 9.35 Å². The lowest BCUT2D eigenvalue weighted by Crippen LogP contribution is -2.31. The highest BCUT2D eigenvalue weighted by molar-refractivity contribution is 9.10. The Hall–Kier alpha value is -0.950. The van der Waals surface area contributed by atoms with Crippen molar-refractivity contribution >= 4 is 44.8 Å². The molecule has 2 aromatic rings. The van der Waals surface area contributed by atoms with Gasteiger partial charge in [-0.2, -0.15) is 0 Å². The third kappa shape index (κ3) is 4.52. The molecule has 2 rings (SSSR count). The van der Waals surface area contributed by atoms with Crippen molar-refractivity contribution in [3.63, 3.8) is 0 Å². The zero-order valence-electron chi connectivity index (χ0n) is 11.5. The first-order chi connectivity index (χ1) is 10.5. The van der Waals surface area contributed by atoms with Crippen molar-refractivity contribution in [2.45, 2.75) is 18.9 Å². The first-order valence-corrected chi connectivity index (χ1v) is 8.63. The highest BCUT2D eigenvalue weighted by Crippen LogP contribution is 2.24. The topological polar surface area (TPSA) is 49.3 Å². The number of carbonyl (C=O) groups excluding carboxylic acids is 1. The number of aliphatic hydroxyl groups excluding tert-OH is 1. The van der Waals surface area contributed by atoms with Crippen LogP contribution in [-0.4, -0.2) is 17.6 Å². The minimum absolute atomic E-state index is 0.0337. The molecule has 2 N–H and O–H groups in total. The fourth-order valence-electron chi connectivity index (χ4n) is 2.00. The number of benzene rings is 1. The summed E-state index contributed by atoms with van der Waals surface area (Å²) in [4.78, 5) is 13.1. The highest BCUT2D eigenvalue weighted by Gasteiger charge is 2.19. The first-order valence-electron chi connectivity index (χ1n) is 6.58. The highest BCUT2D eigenvalue weighted by atomic mass is 79.9. The zero-order valence-corrected chi connectivity index (χ0v) is 14.6. The summed E-state index contributed by atoms with van der Waals surface area (Å²) in [7, 11) is 0. The van der Waals surface area contributed by atoms with Gasteiger partial charge in [0.05, 0.1) is 17.7 Å². The lowest BCUT2D eigenvalue weighted by molar-refractivity contribution is -0.122. The van der Waals surface area contributed by atoms with Gasteiger partial charge in [-0.15, -0.1) is 11.3 Å². The van der Waals surface area contributed by atoms with Crippen molar-refractivity contribution in [3.8, 4) is 0 Å². The molecule has 7 heteroatoms. The van der Waals surface area contributed by atoms with Crippen LogP contribution in [-0.2, 0) is 11.2 Å². The fourth-order valence-corrected chi connectivity index (χ4v) is 3.64. The second-order valence-corrected chi connectivity index (χ2v) is 7.00. The Bertz CT molecular complexity index is 665. The summed E-state index contributed by atoms with van der Waals surface area (Å²) in [5, 5.41) is 14.0. The molecule has 1 heterocycles. The van der Waals surface area contributed by atoms with E-state index in [1.165, 1.54) is 12.1 Å². The van der Waals surface area contributed by atoms with E-state index in [4.69, 9.17) is 11.6 Å². The lowest BCUT2D eigenvalue weighted by atomic mass is 10.1. The number of carbonyl (C=O) groups is 1. The van der Waals surface area contributed by atoms with Crippen molar-refractivity contribution in [2.24, 2.45) is 0 Å². The Morgan fingerprint density at radius 3 is 2.91 bits per heavy atom. The van der Waals surface area contributed by atoms with Gasteiger partial charge in [-0.25, -0.2) is 4.39 Å². The van der Waals surface area contributed by atoms with Gasteiger partial charge in [0.15, 0.2) is 0 Å². The predicted octanol–water partition coefficient (Wildman–Crippen LogP) is 4.09. The number of hydrogen-bond donors (Lipinski definition) is 2. The molecule has 3 nitrogen and oxygen atoms in total. The Morgan fingerprint density at radius 1 is 1.50 bits per heavy atom. The van der Waals surface area contributed by atoms with E-state index in [1.54, 1.807) is 17.4 Å². The number of hydrogen-bond acceptors (Lipinski definition) is 3. The van der Waals surface area contributed by atoms with Crippen LogP contribution in [0.3, 0.4) is 0 Å². The maximum absolute atomic E-state index is 13.9. The molecular weight excluding hydrogens is 393 g/mol. The van der Waals surface area contributed by atoms with Crippen LogP contribution in [0.15, 0.2) is 34.1 Å². The molecule has 0 aliphatic rings. The molecule has 0 fully saturated rings. The van der Waals surface area contributed by atoms with Gasteiger partial charge in [-0.3, -0.25) is 4.79 Å². The van der Waals surface area contributed by atoms with Crippen LogP contribution in [0, 0.1) is 5.82 Å². The summed E-state index contributed by atoms with van der Waals surface area (Å²) in [6, 6.07) is 5.65. The molecule has 22 heavy (non-hydrogen) atoms. The summed E-state index contributed by atoms with van der Waals surface area (Å²) < 4.78 is 14.9. The van der Waals surface area contributed by atoms with Crippen molar-refractivity contribution < 1.29 is 14.3 Å². The number of rotatable bonds is 6. The summed E-state index contributed by atoms with van der Waals surface area (Å²) >= 11 is 10.6. The van der Waals surface area contributed by atoms with E-state index in [1.807, 2.05) is 11.4 Å². The molecule has 0 saturated carbocycles. The van der Waals surface area contributed by atoms with E-state index in [0.29, 0.717) is 6.42 Å². The maximum atomic E-state index is 13.9.